The molecule has 0 radical (unpaired) electrons. The molecule has 3 aliphatic heterocycles. The van der Waals surface area contributed by atoms with Crippen LogP contribution in [0.4, 0.5) is 13.6 Å². The number of benzene rings is 4. The number of carbonyl (C=O) groups excluding carboxylic acids is 4. The van der Waals surface area contributed by atoms with Crippen molar-refractivity contribution in [3.8, 4) is 11.5 Å². The number of nitrogens with zero attached hydrogens (tertiary/aromatic N) is 3. The predicted octanol–water partition coefficient (Wildman–Crippen LogP) is 9.98. The van der Waals surface area contributed by atoms with Crippen LogP contribution in [-0.4, -0.2) is 82.5 Å². The largest absolute Gasteiger partial charge is 0.496 e. The number of aryl methyl sites for hydroxylation is 1. The van der Waals surface area contributed by atoms with Gasteiger partial charge in [0, 0.05) is 30.7 Å². The normalized spacial score (nSPS) is 19.6. The first-order valence-electron chi connectivity index (χ1n) is 21.6. The first-order valence-corrected chi connectivity index (χ1v) is 22.0. The van der Waals surface area contributed by atoms with Crippen molar-refractivity contribution in [2.75, 3.05) is 20.3 Å². The number of methoxy groups -OCH3 is 1. The van der Waals surface area contributed by atoms with Crippen LogP contribution in [0.3, 0.4) is 0 Å². The number of amides is 4. The van der Waals surface area contributed by atoms with Crippen LogP contribution in [-0.2, 0) is 22.5 Å². The Balaban J connectivity index is 1.14. The van der Waals surface area contributed by atoms with Gasteiger partial charge in [0.05, 0.1) is 30.9 Å². The van der Waals surface area contributed by atoms with Crippen LogP contribution in [0.1, 0.15) is 102 Å². The van der Waals surface area contributed by atoms with Crippen molar-refractivity contribution in [2.45, 2.75) is 103 Å². The highest BCUT2D eigenvalue weighted by Gasteiger charge is 2.51. The quantitative estimate of drug-likeness (QED) is 0.0748. The summed E-state index contributed by atoms with van der Waals surface area (Å²) in [5.41, 5.74) is 5.01. The Hall–Kier alpha value is -5.75. The smallest absolute Gasteiger partial charge is 0.411 e. The summed E-state index contributed by atoms with van der Waals surface area (Å²) in [6, 6.07) is 21.4. The van der Waals surface area contributed by atoms with E-state index in [1.807, 2.05) is 75.1 Å². The van der Waals surface area contributed by atoms with Gasteiger partial charge in [0.25, 0.3) is 17.7 Å². The summed E-state index contributed by atoms with van der Waals surface area (Å²) in [6.45, 7) is 8.05. The maximum atomic E-state index is 15.6. The van der Waals surface area contributed by atoms with Crippen LogP contribution >= 0.6 is 11.6 Å². The van der Waals surface area contributed by atoms with E-state index in [2.05, 4.69) is 0 Å². The van der Waals surface area contributed by atoms with E-state index in [9.17, 15) is 23.2 Å². The Morgan fingerprint density at radius 1 is 0.889 bits per heavy atom. The van der Waals surface area contributed by atoms with Crippen LogP contribution in [0, 0.1) is 24.5 Å². The molecule has 330 valence electrons. The molecule has 3 heterocycles. The number of rotatable bonds is 13. The SMILES string of the molecule is COc1cccc(CN(C(=O)C2=C(c3ccc(CCCOc4c(F)ccc(F)c4Cl)cc3)C[C@@H]3CC(CN4C(=O)c5ccccc5C4=O)C[C@H]2N3C(=O)OC(C)(C)C)C2CC2)c1C. The van der Waals surface area contributed by atoms with Gasteiger partial charge in [0.1, 0.15) is 22.2 Å². The van der Waals surface area contributed by atoms with Crippen LogP contribution in [0.2, 0.25) is 5.02 Å². The Kier molecular flexibility index (Phi) is 12.4. The summed E-state index contributed by atoms with van der Waals surface area (Å²) >= 11 is 5.95. The average Bonchev–Trinajstić information content (AvgIpc) is 4.07. The molecular weight excluding hydrogens is 828 g/mol. The zero-order chi connectivity index (χ0) is 44.7. The Morgan fingerprint density at radius 3 is 2.22 bits per heavy atom. The van der Waals surface area contributed by atoms with E-state index >= 15 is 4.79 Å². The lowest BCUT2D eigenvalue weighted by Gasteiger charge is -2.50. The van der Waals surface area contributed by atoms with Crippen molar-refractivity contribution in [3.05, 3.63) is 134 Å². The van der Waals surface area contributed by atoms with E-state index in [1.165, 1.54) is 4.90 Å². The van der Waals surface area contributed by atoms with E-state index in [0.717, 1.165) is 58.6 Å². The first kappa shape index (κ1) is 43.9. The molecule has 3 atom stereocenters. The van der Waals surface area contributed by atoms with Gasteiger partial charge in [-0.1, -0.05) is 60.1 Å². The van der Waals surface area contributed by atoms with Gasteiger partial charge in [0.15, 0.2) is 11.6 Å². The van der Waals surface area contributed by atoms with E-state index < -0.39 is 40.4 Å². The highest BCUT2D eigenvalue weighted by Crippen LogP contribution is 2.47. The highest BCUT2D eigenvalue weighted by molar-refractivity contribution is 6.32. The van der Waals surface area contributed by atoms with Gasteiger partial charge >= 0.3 is 6.09 Å². The molecular formula is C50H52ClF2N3O7. The number of ether oxygens (including phenoxy) is 3. The van der Waals surface area contributed by atoms with Crippen LogP contribution < -0.4 is 9.47 Å². The summed E-state index contributed by atoms with van der Waals surface area (Å²) in [7, 11) is 1.63. The zero-order valence-electron chi connectivity index (χ0n) is 36.2. The molecule has 4 aromatic rings. The third kappa shape index (κ3) is 9.05. The minimum Gasteiger partial charge on any atom is -0.496 e. The fraction of sp³-hybridized carbons (Fsp3) is 0.400. The molecule has 63 heavy (non-hydrogen) atoms. The van der Waals surface area contributed by atoms with Crippen molar-refractivity contribution in [1.29, 1.82) is 0 Å². The van der Waals surface area contributed by atoms with Gasteiger partial charge in [-0.3, -0.25) is 24.2 Å². The molecule has 0 spiro atoms. The van der Waals surface area contributed by atoms with E-state index in [-0.39, 0.29) is 48.6 Å². The molecule has 4 aliphatic rings. The molecule has 1 saturated carbocycles. The predicted molar refractivity (Wildman–Crippen MR) is 235 cm³/mol. The molecule has 0 aromatic heterocycles. The third-order valence-electron chi connectivity index (χ3n) is 12.5. The topological polar surface area (TPSA) is 106 Å². The van der Waals surface area contributed by atoms with Gasteiger partial charge < -0.3 is 19.1 Å². The second-order valence-corrected chi connectivity index (χ2v) is 18.4. The van der Waals surface area contributed by atoms with Crippen molar-refractivity contribution in [1.82, 2.24) is 14.7 Å². The van der Waals surface area contributed by atoms with Gasteiger partial charge in [-0.2, -0.15) is 0 Å². The van der Waals surface area contributed by atoms with Crippen molar-refractivity contribution < 1.29 is 42.2 Å². The molecule has 0 N–H and O–H groups in total. The standard InChI is InChI=1S/C50H52ClF2N3O7/c1-29-33(11-8-14-42(29)61-5)28-54(34-19-20-34)48(59)43-38(32-17-15-30(16-18-32)10-9-23-62-45-40(53)22-21-39(52)44(45)51)26-35-24-31(25-41(43)56(35)49(60)63-50(2,3)4)27-55-46(57)36-12-6-7-13-37(36)47(55)58/h6-8,11-18,21-22,31,34-35,41H,9-10,19-20,23-28H2,1-5H3/t31?,35-,41+/m0/s1. The minimum atomic E-state index is -0.804. The summed E-state index contributed by atoms with van der Waals surface area (Å²) in [4.78, 5) is 62.1. The van der Waals surface area contributed by atoms with Crippen molar-refractivity contribution in [3.63, 3.8) is 0 Å². The van der Waals surface area contributed by atoms with Crippen LogP contribution in [0.25, 0.3) is 5.57 Å². The van der Waals surface area contributed by atoms with Crippen molar-refractivity contribution in [2.24, 2.45) is 5.92 Å². The second kappa shape index (κ2) is 17.8. The van der Waals surface area contributed by atoms with Gasteiger partial charge in [-0.25, -0.2) is 13.6 Å². The lowest BCUT2D eigenvalue weighted by Crippen LogP contribution is -2.59. The Bertz CT molecular complexity index is 2450. The van der Waals surface area contributed by atoms with Crippen LogP contribution in [0.5, 0.6) is 11.5 Å². The molecule has 1 saturated heterocycles. The molecule has 1 unspecified atom stereocenters. The van der Waals surface area contributed by atoms with Gasteiger partial charge in [0.2, 0.25) is 0 Å². The minimum absolute atomic E-state index is 0.00242. The Labute approximate surface area is 371 Å². The fourth-order valence-corrected chi connectivity index (χ4v) is 9.53. The molecule has 2 fully saturated rings. The molecule has 1 aliphatic carbocycles. The van der Waals surface area contributed by atoms with E-state index in [4.69, 9.17) is 25.8 Å². The molecule has 2 bridgehead atoms. The Morgan fingerprint density at radius 2 is 1.57 bits per heavy atom. The first-order chi connectivity index (χ1) is 30.1. The van der Waals surface area contributed by atoms with Gasteiger partial charge in [-0.15, -0.1) is 0 Å². The number of hydrogen-bond acceptors (Lipinski definition) is 7. The van der Waals surface area contributed by atoms with Crippen LogP contribution in [0.15, 0.2) is 84.4 Å². The highest BCUT2D eigenvalue weighted by atomic mass is 35.5. The van der Waals surface area contributed by atoms with Gasteiger partial charge in [-0.05, 0) is 137 Å². The summed E-state index contributed by atoms with van der Waals surface area (Å²) in [6.07, 6.45) is 3.42. The summed E-state index contributed by atoms with van der Waals surface area (Å²) < 4.78 is 45.5. The summed E-state index contributed by atoms with van der Waals surface area (Å²) in [5, 5.41) is -0.394. The number of piperidine rings is 1. The number of carbonyl (C=O) groups is 4. The maximum absolute atomic E-state index is 15.6. The van der Waals surface area contributed by atoms with E-state index in [1.54, 1.807) is 36.3 Å². The molecule has 4 amide bonds. The lowest BCUT2D eigenvalue weighted by atomic mass is 9.73. The zero-order valence-corrected chi connectivity index (χ0v) is 37.0. The monoisotopic (exact) mass is 879 g/mol. The molecule has 13 heteroatoms. The fourth-order valence-electron chi connectivity index (χ4n) is 9.32. The number of halogens is 3. The van der Waals surface area contributed by atoms with E-state index in [0.29, 0.717) is 55.3 Å². The molecule has 4 aromatic carbocycles. The number of fused-ring (bicyclic) bond motifs is 3. The maximum Gasteiger partial charge on any atom is 0.411 e. The average molecular weight is 880 g/mol. The molecule has 8 rings (SSSR count). The number of imide groups is 1. The summed E-state index contributed by atoms with van der Waals surface area (Å²) in [5.74, 6) is -2.13. The molecule has 10 nitrogen and oxygen atoms in total. The number of hydrogen-bond donors (Lipinski definition) is 0. The lowest BCUT2D eigenvalue weighted by molar-refractivity contribution is -0.129. The second-order valence-electron chi connectivity index (χ2n) is 18.0. The third-order valence-corrected chi connectivity index (χ3v) is 12.9. The van der Waals surface area contributed by atoms with Crippen molar-refractivity contribution >= 4 is 41.0 Å².